The lowest BCUT2D eigenvalue weighted by Gasteiger charge is -2.16. The first-order valence-corrected chi connectivity index (χ1v) is 8.54. The van der Waals surface area contributed by atoms with Gasteiger partial charge < -0.3 is 24.4 Å². The Bertz CT molecular complexity index is 649. The Morgan fingerprint density at radius 1 is 1.12 bits per heavy atom. The summed E-state index contributed by atoms with van der Waals surface area (Å²) in [4.78, 5) is 4.28. The zero-order valence-corrected chi connectivity index (χ0v) is 16.5. The second-order valence-electron chi connectivity index (χ2n) is 6.46. The van der Waals surface area contributed by atoms with E-state index in [1.165, 1.54) is 0 Å². The Kier molecular flexibility index (Phi) is 9.40. The number of para-hydroxylation sites is 2. The van der Waals surface area contributed by atoms with Gasteiger partial charge >= 0.3 is 0 Å². The van der Waals surface area contributed by atoms with Crippen molar-refractivity contribution in [2.24, 2.45) is 0 Å². The minimum absolute atomic E-state index is 0. The minimum Gasteiger partial charge on any atom is -0.487 e. The number of benzene rings is 1. The zero-order valence-electron chi connectivity index (χ0n) is 15.6. The molecule has 0 spiro atoms. The molecular weight excluding hydrogens is 358 g/mol. The van der Waals surface area contributed by atoms with E-state index in [0.717, 1.165) is 0 Å². The number of hydrogen-bond acceptors (Lipinski definition) is 7. The van der Waals surface area contributed by atoms with Crippen LogP contribution in [0.4, 0.5) is 0 Å². The molecule has 0 saturated carbocycles. The number of rotatable bonds is 10. The predicted octanol–water partition coefficient (Wildman–Crippen LogP) is 2.93. The number of nitrogens with zero attached hydrogens (tertiary/aromatic N) is 2. The maximum Gasteiger partial charge on any atom is 0.264 e. The molecule has 0 aliphatic rings. The van der Waals surface area contributed by atoms with Gasteiger partial charge in [0, 0.05) is 18.5 Å². The van der Waals surface area contributed by atoms with E-state index in [-0.39, 0.29) is 31.5 Å². The normalized spacial score (nSPS) is 12.1. The number of hydrogen-bond donors (Lipinski definition) is 2. The zero-order chi connectivity index (χ0) is 18.2. The van der Waals surface area contributed by atoms with Crippen LogP contribution in [-0.2, 0) is 6.61 Å². The molecule has 1 unspecified atom stereocenters. The van der Waals surface area contributed by atoms with Gasteiger partial charge in [0.05, 0.1) is 0 Å². The van der Waals surface area contributed by atoms with Gasteiger partial charge in [0.25, 0.3) is 5.89 Å². The number of aliphatic hydroxyl groups excluding tert-OH is 1. The molecule has 0 saturated heterocycles. The highest BCUT2D eigenvalue weighted by atomic mass is 35.5. The van der Waals surface area contributed by atoms with Gasteiger partial charge in [-0.15, -0.1) is 12.4 Å². The lowest BCUT2D eigenvalue weighted by Crippen LogP contribution is -2.35. The van der Waals surface area contributed by atoms with E-state index in [2.05, 4.69) is 15.5 Å². The third kappa shape index (κ3) is 7.19. The molecule has 2 rings (SSSR count). The SMILES string of the molecule is CC(C)NCC(O)COc1ccccc1OCc1nc(C(C)C)no1.Cl. The molecule has 2 N–H and O–H groups in total. The fraction of sp³-hybridized carbons (Fsp3) is 0.556. The molecule has 0 aliphatic carbocycles. The van der Waals surface area contributed by atoms with E-state index >= 15 is 0 Å². The monoisotopic (exact) mass is 385 g/mol. The molecule has 0 amide bonds. The quantitative estimate of drug-likeness (QED) is 0.649. The standard InChI is InChI=1S/C18H27N3O4.ClH/c1-12(2)18-20-17(25-21-18)11-24-16-8-6-5-7-15(16)23-10-14(22)9-19-13(3)4;/h5-8,12-14,19,22H,9-11H2,1-4H3;1H. The lowest BCUT2D eigenvalue weighted by atomic mass is 10.2. The van der Waals surface area contributed by atoms with E-state index in [4.69, 9.17) is 14.0 Å². The third-order valence-electron chi connectivity index (χ3n) is 3.39. The maximum atomic E-state index is 9.95. The van der Waals surface area contributed by atoms with Gasteiger partial charge in [-0.1, -0.05) is 45.0 Å². The molecule has 2 aromatic rings. The van der Waals surface area contributed by atoms with Crippen molar-refractivity contribution < 1.29 is 19.1 Å². The molecule has 1 atom stereocenters. The largest absolute Gasteiger partial charge is 0.487 e. The molecule has 1 aromatic heterocycles. The van der Waals surface area contributed by atoms with Gasteiger partial charge in [0.2, 0.25) is 0 Å². The van der Waals surface area contributed by atoms with E-state index in [9.17, 15) is 5.11 Å². The van der Waals surface area contributed by atoms with Gasteiger partial charge in [-0.25, -0.2) is 0 Å². The highest BCUT2D eigenvalue weighted by molar-refractivity contribution is 5.85. The van der Waals surface area contributed by atoms with Crippen LogP contribution in [0.5, 0.6) is 11.5 Å². The van der Waals surface area contributed by atoms with Gasteiger partial charge in [-0.2, -0.15) is 4.98 Å². The second kappa shape index (κ2) is 11.0. The van der Waals surface area contributed by atoms with Crippen LogP contribution in [0.15, 0.2) is 28.8 Å². The topological polar surface area (TPSA) is 89.6 Å². The number of ether oxygens (including phenoxy) is 2. The molecule has 146 valence electrons. The van der Waals surface area contributed by atoms with Crippen LogP contribution in [-0.4, -0.2) is 40.5 Å². The van der Waals surface area contributed by atoms with Crippen LogP contribution >= 0.6 is 12.4 Å². The van der Waals surface area contributed by atoms with Crippen LogP contribution < -0.4 is 14.8 Å². The average molecular weight is 386 g/mol. The fourth-order valence-corrected chi connectivity index (χ4v) is 2.01. The summed E-state index contributed by atoms with van der Waals surface area (Å²) in [6.45, 7) is 8.87. The van der Waals surface area contributed by atoms with Crippen molar-refractivity contribution in [2.45, 2.75) is 52.4 Å². The first kappa shape index (κ1) is 22.2. The number of halogens is 1. The summed E-state index contributed by atoms with van der Waals surface area (Å²) < 4.78 is 16.6. The molecule has 0 radical (unpaired) electrons. The van der Waals surface area contributed by atoms with Crippen molar-refractivity contribution in [2.75, 3.05) is 13.2 Å². The van der Waals surface area contributed by atoms with Gasteiger partial charge in [-0.3, -0.25) is 0 Å². The van der Waals surface area contributed by atoms with E-state index in [0.29, 0.717) is 35.8 Å². The summed E-state index contributed by atoms with van der Waals surface area (Å²) in [6.07, 6.45) is -0.597. The smallest absolute Gasteiger partial charge is 0.264 e. The van der Waals surface area contributed by atoms with Gasteiger partial charge in [0.15, 0.2) is 23.9 Å². The van der Waals surface area contributed by atoms with Crippen molar-refractivity contribution in [3.05, 3.63) is 36.0 Å². The van der Waals surface area contributed by atoms with E-state index < -0.39 is 6.10 Å². The van der Waals surface area contributed by atoms with Crippen molar-refractivity contribution >= 4 is 12.4 Å². The summed E-state index contributed by atoms with van der Waals surface area (Å²) in [5.41, 5.74) is 0. The molecule has 0 fully saturated rings. The fourth-order valence-electron chi connectivity index (χ4n) is 2.01. The van der Waals surface area contributed by atoms with Gasteiger partial charge in [-0.05, 0) is 12.1 Å². The van der Waals surface area contributed by atoms with Crippen molar-refractivity contribution in [3.63, 3.8) is 0 Å². The molecule has 1 aromatic carbocycles. The number of aliphatic hydroxyl groups is 1. The van der Waals surface area contributed by atoms with Crippen LogP contribution in [0.1, 0.15) is 45.3 Å². The maximum absolute atomic E-state index is 9.95. The Morgan fingerprint density at radius 2 is 1.77 bits per heavy atom. The summed E-state index contributed by atoms with van der Waals surface area (Å²) in [6, 6.07) is 7.62. The number of aromatic nitrogens is 2. The summed E-state index contributed by atoms with van der Waals surface area (Å²) in [5, 5.41) is 17.0. The van der Waals surface area contributed by atoms with Crippen molar-refractivity contribution in [3.8, 4) is 11.5 Å². The summed E-state index contributed by atoms with van der Waals surface area (Å²) in [5.74, 6) is 2.41. The highest BCUT2D eigenvalue weighted by Crippen LogP contribution is 2.27. The predicted molar refractivity (Wildman–Crippen MR) is 101 cm³/mol. The first-order chi connectivity index (χ1) is 12.0. The first-order valence-electron chi connectivity index (χ1n) is 8.54. The average Bonchev–Trinajstić information content (AvgIpc) is 3.06. The van der Waals surface area contributed by atoms with Crippen LogP contribution in [0.2, 0.25) is 0 Å². The molecule has 7 nitrogen and oxygen atoms in total. The molecule has 1 heterocycles. The number of nitrogens with one attached hydrogen (secondary N) is 1. The molecule has 0 bridgehead atoms. The Balaban J connectivity index is 0.00000338. The van der Waals surface area contributed by atoms with Crippen LogP contribution in [0, 0.1) is 0 Å². The Labute approximate surface area is 160 Å². The molecule has 0 aliphatic heterocycles. The van der Waals surface area contributed by atoms with Crippen LogP contribution in [0.3, 0.4) is 0 Å². The summed E-state index contributed by atoms with van der Waals surface area (Å²) >= 11 is 0. The van der Waals surface area contributed by atoms with E-state index in [1.54, 1.807) is 12.1 Å². The van der Waals surface area contributed by atoms with Gasteiger partial charge in [0.1, 0.15) is 12.7 Å². The molecule has 8 heteroatoms. The summed E-state index contributed by atoms with van der Waals surface area (Å²) in [7, 11) is 0. The third-order valence-corrected chi connectivity index (χ3v) is 3.39. The highest BCUT2D eigenvalue weighted by Gasteiger charge is 2.13. The molecular formula is C18H28ClN3O4. The Hall–Kier alpha value is -1.83. The lowest BCUT2D eigenvalue weighted by molar-refractivity contribution is 0.101. The van der Waals surface area contributed by atoms with Crippen LogP contribution in [0.25, 0.3) is 0 Å². The van der Waals surface area contributed by atoms with E-state index in [1.807, 2.05) is 39.8 Å². The molecule has 26 heavy (non-hydrogen) atoms. The Morgan fingerprint density at radius 3 is 2.35 bits per heavy atom. The minimum atomic E-state index is -0.597. The van der Waals surface area contributed by atoms with Crippen molar-refractivity contribution in [1.82, 2.24) is 15.5 Å². The second-order valence-corrected chi connectivity index (χ2v) is 6.46. The van der Waals surface area contributed by atoms with Crippen molar-refractivity contribution in [1.29, 1.82) is 0 Å².